The van der Waals surface area contributed by atoms with Crippen molar-refractivity contribution >= 4 is 57.9 Å². The Balaban J connectivity index is 1.75. The van der Waals surface area contributed by atoms with Crippen LogP contribution >= 0.6 is 35.6 Å². The summed E-state index contributed by atoms with van der Waals surface area (Å²) in [5.74, 6) is 0.234. The monoisotopic (exact) mass is 433 g/mol. The van der Waals surface area contributed by atoms with Crippen LogP contribution in [0.4, 0.5) is 0 Å². The molecule has 1 fully saturated rings. The van der Waals surface area contributed by atoms with Crippen molar-refractivity contribution in [1.82, 2.24) is 4.90 Å². The van der Waals surface area contributed by atoms with Crippen molar-refractivity contribution in [2.24, 2.45) is 0 Å². The highest BCUT2D eigenvalue weighted by molar-refractivity contribution is 8.26. The molecule has 5 nitrogen and oxygen atoms in total. The molecule has 0 aromatic heterocycles. The second kappa shape index (κ2) is 8.77. The van der Waals surface area contributed by atoms with Crippen molar-refractivity contribution in [2.75, 3.05) is 13.7 Å². The van der Waals surface area contributed by atoms with Gasteiger partial charge in [0.15, 0.2) is 0 Å². The third-order valence-corrected chi connectivity index (χ3v) is 5.65. The van der Waals surface area contributed by atoms with Crippen molar-refractivity contribution in [3.63, 3.8) is 0 Å². The highest BCUT2D eigenvalue weighted by Crippen LogP contribution is 2.34. The first-order valence-electron chi connectivity index (χ1n) is 8.34. The topological polar surface area (TPSA) is 55.8 Å². The van der Waals surface area contributed by atoms with E-state index in [0.717, 1.165) is 0 Å². The number of hydrogen-bond donors (Lipinski definition) is 0. The van der Waals surface area contributed by atoms with E-state index in [4.69, 9.17) is 33.3 Å². The summed E-state index contributed by atoms with van der Waals surface area (Å²) >= 11 is 12.7. The Hall–Kier alpha value is -2.35. The second-order valence-electron chi connectivity index (χ2n) is 5.73. The Morgan fingerprint density at radius 2 is 1.96 bits per heavy atom. The summed E-state index contributed by atoms with van der Waals surface area (Å²) in [6.07, 6.45) is 1.72. The summed E-state index contributed by atoms with van der Waals surface area (Å²) in [4.78, 5) is 26.6. The molecule has 1 heterocycles. The molecule has 1 aliphatic rings. The molecule has 0 spiro atoms. The van der Waals surface area contributed by atoms with Crippen molar-refractivity contribution < 1.29 is 19.1 Å². The lowest BCUT2D eigenvalue weighted by atomic mass is 10.2. The van der Waals surface area contributed by atoms with Gasteiger partial charge in [0.2, 0.25) is 0 Å². The molecule has 0 radical (unpaired) electrons. The number of hydrogen-bond acceptors (Lipinski definition) is 6. The molecule has 0 atom stereocenters. The molecule has 8 heteroatoms. The van der Waals surface area contributed by atoms with E-state index in [9.17, 15) is 9.59 Å². The highest BCUT2D eigenvalue weighted by Gasteiger charge is 2.30. The Labute approximate surface area is 177 Å². The zero-order valence-corrected chi connectivity index (χ0v) is 17.5. The van der Waals surface area contributed by atoms with Crippen LogP contribution in [0.2, 0.25) is 5.02 Å². The largest absolute Gasteiger partial charge is 0.497 e. The fourth-order valence-corrected chi connectivity index (χ4v) is 4.11. The summed E-state index contributed by atoms with van der Waals surface area (Å²) in [5.41, 5.74) is 1.09. The third kappa shape index (κ3) is 4.38. The first-order chi connectivity index (χ1) is 13.4. The van der Waals surface area contributed by atoms with E-state index in [-0.39, 0.29) is 16.7 Å². The number of carbonyl (C=O) groups excluding carboxylic acids is 2. The first kappa shape index (κ1) is 20.4. The van der Waals surface area contributed by atoms with Crippen LogP contribution in [0.5, 0.6) is 11.5 Å². The van der Waals surface area contributed by atoms with Gasteiger partial charge in [-0.2, -0.15) is 0 Å². The van der Waals surface area contributed by atoms with E-state index in [2.05, 4.69) is 0 Å². The summed E-state index contributed by atoms with van der Waals surface area (Å²) in [7, 11) is 1.55. The lowest BCUT2D eigenvalue weighted by Crippen LogP contribution is -2.27. The molecule has 0 unspecified atom stereocenters. The molecule has 1 saturated heterocycles. The number of carbonyl (C=O) groups is 2. The standard InChI is InChI=1S/C20H16ClNO4S2/c1-3-22-18(23)17(28-20(22)27)11-12-4-9-16(15(21)10-12)26-19(24)13-5-7-14(25-2)8-6-13/h4-11H,3H2,1-2H3/b17-11-. The van der Waals surface area contributed by atoms with Gasteiger partial charge in [-0.25, -0.2) is 4.79 Å². The van der Waals surface area contributed by atoms with Gasteiger partial charge in [0.1, 0.15) is 15.8 Å². The first-order valence-corrected chi connectivity index (χ1v) is 9.94. The highest BCUT2D eigenvalue weighted by atomic mass is 35.5. The zero-order chi connectivity index (χ0) is 20.3. The van der Waals surface area contributed by atoms with E-state index >= 15 is 0 Å². The number of amides is 1. The van der Waals surface area contributed by atoms with Crippen LogP contribution in [0.15, 0.2) is 47.4 Å². The van der Waals surface area contributed by atoms with E-state index < -0.39 is 5.97 Å². The number of nitrogens with zero attached hydrogens (tertiary/aromatic N) is 1. The Morgan fingerprint density at radius 1 is 1.25 bits per heavy atom. The van der Waals surface area contributed by atoms with Crippen molar-refractivity contribution in [2.45, 2.75) is 6.92 Å². The van der Waals surface area contributed by atoms with Crippen LogP contribution in [-0.2, 0) is 4.79 Å². The van der Waals surface area contributed by atoms with Crippen molar-refractivity contribution in [1.29, 1.82) is 0 Å². The number of thiocarbonyl (C=S) groups is 1. The predicted octanol–water partition coefficient (Wildman–Crippen LogP) is 4.79. The van der Waals surface area contributed by atoms with E-state index in [0.29, 0.717) is 32.6 Å². The number of halogens is 1. The van der Waals surface area contributed by atoms with Gasteiger partial charge in [-0.15, -0.1) is 0 Å². The Kier molecular flexibility index (Phi) is 6.39. The minimum atomic E-state index is -0.527. The molecule has 0 N–H and O–H groups in total. The molecular weight excluding hydrogens is 418 g/mol. The fourth-order valence-electron chi connectivity index (χ4n) is 2.50. The van der Waals surface area contributed by atoms with Gasteiger partial charge in [0.25, 0.3) is 5.91 Å². The number of methoxy groups -OCH3 is 1. The molecule has 28 heavy (non-hydrogen) atoms. The van der Waals surface area contributed by atoms with Gasteiger partial charge in [-0.3, -0.25) is 9.69 Å². The molecule has 3 rings (SSSR count). The summed E-state index contributed by atoms with van der Waals surface area (Å²) in [6.45, 7) is 2.40. The SMILES string of the molecule is CCN1C(=O)/C(=C/c2ccc(OC(=O)c3ccc(OC)cc3)c(Cl)c2)SC1=S. The average molecular weight is 434 g/mol. The molecule has 0 aliphatic carbocycles. The third-order valence-electron chi connectivity index (χ3n) is 3.97. The number of rotatable bonds is 5. The normalized spacial score (nSPS) is 15.2. The lowest BCUT2D eigenvalue weighted by Gasteiger charge is -2.09. The van der Waals surface area contributed by atoms with Crippen LogP contribution in [-0.4, -0.2) is 34.8 Å². The van der Waals surface area contributed by atoms with Crippen molar-refractivity contribution in [3.05, 3.63) is 63.5 Å². The lowest BCUT2D eigenvalue weighted by molar-refractivity contribution is -0.121. The Bertz CT molecular complexity index is 973. The van der Waals surface area contributed by atoms with Crippen LogP contribution in [0.25, 0.3) is 6.08 Å². The summed E-state index contributed by atoms with van der Waals surface area (Å²) in [5, 5.41) is 0.265. The zero-order valence-electron chi connectivity index (χ0n) is 15.1. The number of esters is 1. The van der Waals surface area contributed by atoms with Crippen molar-refractivity contribution in [3.8, 4) is 11.5 Å². The fraction of sp³-hybridized carbons (Fsp3) is 0.150. The molecule has 1 amide bonds. The molecule has 0 saturated carbocycles. The quantitative estimate of drug-likeness (QED) is 0.292. The van der Waals surface area contributed by atoms with Gasteiger partial charge in [-0.05, 0) is 55.0 Å². The van der Waals surface area contributed by atoms with Gasteiger partial charge < -0.3 is 9.47 Å². The minimum absolute atomic E-state index is 0.122. The van der Waals surface area contributed by atoms with Crippen LogP contribution < -0.4 is 9.47 Å². The molecule has 1 aliphatic heterocycles. The van der Waals surface area contributed by atoms with Gasteiger partial charge >= 0.3 is 5.97 Å². The molecule has 144 valence electrons. The molecular formula is C20H16ClNO4S2. The number of benzene rings is 2. The van der Waals surface area contributed by atoms with Crippen LogP contribution in [0, 0.1) is 0 Å². The smallest absolute Gasteiger partial charge is 0.343 e. The van der Waals surface area contributed by atoms with Crippen LogP contribution in [0.1, 0.15) is 22.8 Å². The summed E-state index contributed by atoms with van der Waals surface area (Å²) < 4.78 is 11.0. The maximum absolute atomic E-state index is 12.3. The predicted molar refractivity (Wildman–Crippen MR) is 115 cm³/mol. The van der Waals surface area contributed by atoms with E-state index in [1.807, 2.05) is 6.92 Å². The Morgan fingerprint density at radius 3 is 2.54 bits per heavy atom. The van der Waals surface area contributed by atoms with Gasteiger partial charge in [0.05, 0.1) is 22.6 Å². The van der Waals surface area contributed by atoms with E-state index in [1.165, 1.54) is 11.8 Å². The second-order valence-corrected chi connectivity index (χ2v) is 7.82. The maximum Gasteiger partial charge on any atom is 0.343 e. The average Bonchev–Trinajstić information content (AvgIpc) is 2.96. The molecule has 0 bridgehead atoms. The maximum atomic E-state index is 12.3. The summed E-state index contributed by atoms with van der Waals surface area (Å²) in [6, 6.07) is 11.5. The van der Waals surface area contributed by atoms with Gasteiger partial charge in [-0.1, -0.05) is 41.6 Å². The molecule has 2 aromatic rings. The number of thioether (sulfide) groups is 1. The number of ether oxygens (including phenoxy) is 2. The minimum Gasteiger partial charge on any atom is -0.497 e. The number of likely N-dealkylation sites (N-methyl/N-ethyl adjacent to an activating group) is 1. The molecule has 2 aromatic carbocycles. The van der Waals surface area contributed by atoms with E-state index in [1.54, 1.807) is 60.6 Å². The van der Waals surface area contributed by atoms with Gasteiger partial charge in [0, 0.05) is 6.54 Å². The van der Waals surface area contributed by atoms with Crippen LogP contribution in [0.3, 0.4) is 0 Å².